The maximum Gasteiger partial charge on any atom is 0.255 e. The van der Waals surface area contributed by atoms with E-state index in [0.717, 1.165) is 39.4 Å². The van der Waals surface area contributed by atoms with E-state index in [4.69, 9.17) is 9.72 Å². The second-order valence-corrected chi connectivity index (χ2v) is 8.42. The first kappa shape index (κ1) is 22.2. The summed E-state index contributed by atoms with van der Waals surface area (Å²) >= 11 is 0. The van der Waals surface area contributed by atoms with Crippen molar-refractivity contribution in [2.75, 3.05) is 55.7 Å². The van der Waals surface area contributed by atoms with Crippen molar-refractivity contribution in [3.63, 3.8) is 0 Å². The molecule has 0 aliphatic carbocycles. The van der Waals surface area contributed by atoms with E-state index in [1.165, 1.54) is 23.6 Å². The summed E-state index contributed by atoms with van der Waals surface area (Å²) in [6.45, 7) is 9.85. The molecule has 1 N–H and O–H groups in total. The Bertz CT molecular complexity index is 1170. The highest BCUT2D eigenvalue weighted by Crippen LogP contribution is 2.25. The number of nitrogens with zero attached hydrogens (tertiary/aromatic N) is 6. The highest BCUT2D eigenvalue weighted by atomic mass is 16.5. The molecule has 2 aliphatic rings. The van der Waals surface area contributed by atoms with Gasteiger partial charge in [0.25, 0.3) is 5.56 Å². The van der Waals surface area contributed by atoms with E-state index >= 15 is 0 Å². The smallest absolute Gasteiger partial charge is 0.255 e. The zero-order valence-electron chi connectivity index (χ0n) is 19.1. The summed E-state index contributed by atoms with van der Waals surface area (Å²) in [5.41, 5.74) is 3.49. The molecule has 4 heterocycles. The summed E-state index contributed by atoms with van der Waals surface area (Å²) in [6, 6.07) is 12.2. The van der Waals surface area contributed by atoms with Crippen LogP contribution in [0, 0.1) is 0 Å². The van der Waals surface area contributed by atoms with Crippen molar-refractivity contribution in [1.29, 1.82) is 0 Å². The van der Waals surface area contributed by atoms with Crippen LogP contribution in [0.25, 0.3) is 11.4 Å². The summed E-state index contributed by atoms with van der Waals surface area (Å²) in [5, 5.41) is 3.62. The van der Waals surface area contributed by atoms with Gasteiger partial charge in [-0.3, -0.25) is 9.36 Å². The van der Waals surface area contributed by atoms with Crippen LogP contribution >= 0.6 is 0 Å². The highest BCUT2D eigenvalue weighted by molar-refractivity contribution is 5.55. The van der Waals surface area contributed by atoms with Gasteiger partial charge in [0.05, 0.1) is 24.6 Å². The van der Waals surface area contributed by atoms with E-state index in [9.17, 15) is 4.79 Å². The van der Waals surface area contributed by atoms with Crippen molar-refractivity contribution in [1.82, 2.24) is 24.8 Å². The quantitative estimate of drug-likeness (QED) is 0.559. The molecule has 9 nitrogen and oxygen atoms in total. The van der Waals surface area contributed by atoms with Crippen molar-refractivity contribution in [3.05, 3.63) is 77.5 Å². The summed E-state index contributed by atoms with van der Waals surface area (Å²) < 4.78 is 7.13. The lowest BCUT2D eigenvalue weighted by atomic mass is 10.0. The number of rotatable bonds is 6. The molecular weight excluding hydrogens is 430 g/mol. The Morgan fingerprint density at radius 2 is 1.91 bits per heavy atom. The zero-order valence-corrected chi connectivity index (χ0v) is 19.1. The maximum absolute atomic E-state index is 13.0. The minimum Gasteiger partial charge on any atom is -0.378 e. The Morgan fingerprint density at radius 3 is 2.65 bits per heavy atom. The SMILES string of the molecule is C=CCn1c(N2CCNC(c3ccc(N4CCOCC4)cc3)C2)nc(-c2ccncn2)cc1=O. The number of benzene rings is 1. The van der Waals surface area contributed by atoms with Crippen LogP contribution in [0.4, 0.5) is 11.6 Å². The Morgan fingerprint density at radius 1 is 1.09 bits per heavy atom. The van der Waals surface area contributed by atoms with Gasteiger partial charge in [-0.2, -0.15) is 0 Å². The molecule has 1 unspecified atom stereocenters. The third-order valence-corrected chi connectivity index (χ3v) is 6.27. The molecule has 34 heavy (non-hydrogen) atoms. The fourth-order valence-electron chi connectivity index (χ4n) is 4.50. The predicted octanol–water partition coefficient (Wildman–Crippen LogP) is 1.87. The van der Waals surface area contributed by atoms with Crippen LogP contribution in [-0.4, -0.2) is 65.5 Å². The van der Waals surface area contributed by atoms with Gasteiger partial charge in [0, 0.05) is 63.3 Å². The van der Waals surface area contributed by atoms with Crippen molar-refractivity contribution in [2.45, 2.75) is 12.6 Å². The monoisotopic (exact) mass is 459 g/mol. The number of aromatic nitrogens is 4. The molecule has 5 rings (SSSR count). The fourth-order valence-corrected chi connectivity index (χ4v) is 4.50. The predicted molar refractivity (Wildman–Crippen MR) is 132 cm³/mol. The lowest BCUT2D eigenvalue weighted by molar-refractivity contribution is 0.122. The van der Waals surface area contributed by atoms with Gasteiger partial charge in [-0.05, 0) is 23.8 Å². The van der Waals surface area contributed by atoms with E-state index in [-0.39, 0.29) is 11.6 Å². The van der Waals surface area contributed by atoms with Crippen molar-refractivity contribution >= 4 is 11.6 Å². The molecule has 2 saturated heterocycles. The first-order chi connectivity index (χ1) is 16.7. The molecule has 0 bridgehead atoms. The Balaban J connectivity index is 1.41. The van der Waals surface area contributed by atoms with Crippen LogP contribution in [0.15, 0.2) is 66.4 Å². The summed E-state index contributed by atoms with van der Waals surface area (Å²) in [5.74, 6) is 0.637. The van der Waals surface area contributed by atoms with E-state index in [2.05, 4.69) is 55.9 Å². The van der Waals surface area contributed by atoms with Crippen LogP contribution < -0.4 is 20.7 Å². The molecule has 0 saturated carbocycles. The number of hydrogen-bond donors (Lipinski definition) is 1. The van der Waals surface area contributed by atoms with Gasteiger partial charge in [0.15, 0.2) is 0 Å². The summed E-state index contributed by atoms with van der Waals surface area (Å²) in [4.78, 5) is 30.6. The third kappa shape index (κ3) is 4.71. The number of hydrogen-bond acceptors (Lipinski definition) is 8. The minimum atomic E-state index is -0.122. The maximum atomic E-state index is 13.0. The molecule has 3 aromatic rings. The van der Waals surface area contributed by atoms with Crippen LogP contribution in [0.5, 0.6) is 0 Å². The highest BCUT2D eigenvalue weighted by Gasteiger charge is 2.25. The number of ether oxygens (including phenoxy) is 1. The number of nitrogens with one attached hydrogen (secondary N) is 1. The van der Waals surface area contributed by atoms with Crippen molar-refractivity contribution < 1.29 is 4.74 Å². The number of morpholine rings is 1. The van der Waals surface area contributed by atoms with Crippen LogP contribution in [0.3, 0.4) is 0 Å². The van der Waals surface area contributed by atoms with Crippen molar-refractivity contribution in [2.24, 2.45) is 0 Å². The van der Waals surface area contributed by atoms with Gasteiger partial charge in [-0.25, -0.2) is 15.0 Å². The zero-order chi connectivity index (χ0) is 23.3. The second-order valence-electron chi connectivity index (χ2n) is 8.42. The molecule has 0 spiro atoms. The molecule has 0 amide bonds. The number of allylic oxidation sites excluding steroid dienone is 1. The van der Waals surface area contributed by atoms with Gasteiger partial charge < -0.3 is 19.9 Å². The molecule has 1 atom stereocenters. The normalized spacial score (nSPS) is 18.6. The summed E-state index contributed by atoms with van der Waals surface area (Å²) in [7, 11) is 0. The first-order valence-corrected chi connectivity index (χ1v) is 11.6. The van der Waals surface area contributed by atoms with Gasteiger partial charge in [0.2, 0.25) is 5.95 Å². The van der Waals surface area contributed by atoms with Crippen LogP contribution in [-0.2, 0) is 11.3 Å². The molecular formula is C25H29N7O2. The van der Waals surface area contributed by atoms with Crippen molar-refractivity contribution in [3.8, 4) is 11.4 Å². The molecule has 0 radical (unpaired) electrons. The van der Waals surface area contributed by atoms with Gasteiger partial charge in [0.1, 0.15) is 6.33 Å². The molecule has 1 aromatic carbocycles. The van der Waals surface area contributed by atoms with E-state index in [0.29, 0.717) is 30.4 Å². The van der Waals surface area contributed by atoms with Crippen LogP contribution in [0.1, 0.15) is 11.6 Å². The Kier molecular flexibility index (Phi) is 6.64. The number of anilines is 2. The molecule has 9 heteroatoms. The molecule has 2 aliphatic heterocycles. The molecule has 176 valence electrons. The number of piperazine rings is 1. The van der Waals surface area contributed by atoms with Gasteiger partial charge in [-0.15, -0.1) is 6.58 Å². The lowest BCUT2D eigenvalue weighted by Crippen LogP contribution is -2.48. The van der Waals surface area contributed by atoms with E-state index in [1.54, 1.807) is 22.9 Å². The average Bonchev–Trinajstić information content (AvgIpc) is 2.91. The molecule has 2 fully saturated rings. The standard InChI is InChI=1S/C25H29N7O2/c1-2-10-32-24(33)16-22(21-7-8-26-18-28-21)29-25(32)31-11-9-27-23(17-31)19-3-5-20(6-4-19)30-12-14-34-15-13-30/h2-8,16,18,23,27H,1,9-15,17H2. The van der Waals surface area contributed by atoms with Crippen LogP contribution in [0.2, 0.25) is 0 Å². The largest absolute Gasteiger partial charge is 0.378 e. The lowest BCUT2D eigenvalue weighted by Gasteiger charge is -2.36. The Hall–Kier alpha value is -3.56. The van der Waals surface area contributed by atoms with Gasteiger partial charge >= 0.3 is 0 Å². The topological polar surface area (TPSA) is 88.4 Å². The first-order valence-electron chi connectivity index (χ1n) is 11.6. The van der Waals surface area contributed by atoms with E-state index < -0.39 is 0 Å². The fraction of sp³-hybridized carbons (Fsp3) is 0.360. The Labute approximate surface area is 198 Å². The van der Waals surface area contributed by atoms with E-state index in [1.807, 2.05) is 0 Å². The molecule has 2 aromatic heterocycles. The average molecular weight is 460 g/mol. The third-order valence-electron chi connectivity index (χ3n) is 6.27. The summed E-state index contributed by atoms with van der Waals surface area (Å²) in [6.07, 6.45) is 4.84. The minimum absolute atomic E-state index is 0.122. The van der Waals surface area contributed by atoms with Gasteiger partial charge in [-0.1, -0.05) is 18.2 Å². The second kappa shape index (κ2) is 10.1.